The van der Waals surface area contributed by atoms with Gasteiger partial charge in [-0.15, -0.1) is 0 Å². The third kappa shape index (κ3) is 5.33. The maximum atomic E-state index is 11.5. The van der Waals surface area contributed by atoms with Gasteiger partial charge in [0, 0.05) is 24.5 Å². The smallest absolute Gasteiger partial charge is 0.220 e. The third-order valence-corrected chi connectivity index (χ3v) is 3.05. The molecule has 0 aliphatic rings. The minimum absolute atomic E-state index is 0.0735. The Bertz CT molecular complexity index is 380. The monoisotopic (exact) mass is 299 g/mol. The number of nitrogens with one attached hydrogen (secondary N) is 1. The van der Waals surface area contributed by atoms with Crippen LogP contribution in [-0.2, 0) is 16.0 Å². The van der Waals surface area contributed by atoms with E-state index in [1.165, 1.54) is 11.1 Å². The SMILES string of the molecule is COCCNC(=O)CCc1ccc(Br)cc1C. The number of amides is 1. The summed E-state index contributed by atoms with van der Waals surface area (Å²) in [5, 5.41) is 2.81. The van der Waals surface area contributed by atoms with Gasteiger partial charge in [-0.25, -0.2) is 0 Å². The van der Waals surface area contributed by atoms with Crippen LogP contribution in [0.15, 0.2) is 22.7 Å². The lowest BCUT2D eigenvalue weighted by atomic mass is 10.0. The summed E-state index contributed by atoms with van der Waals surface area (Å²) in [4.78, 5) is 11.5. The fourth-order valence-electron chi connectivity index (χ4n) is 1.57. The van der Waals surface area contributed by atoms with Crippen molar-refractivity contribution in [2.24, 2.45) is 0 Å². The zero-order valence-corrected chi connectivity index (χ0v) is 11.8. The highest BCUT2D eigenvalue weighted by atomic mass is 79.9. The van der Waals surface area contributed by atoms with Crippen molar-refractivity contribution in [3.05, 3.63) is 33.8 Å². The molecule has 1 rings (SSSR count). The maximum absolute atomic E-state index is 11.5. The molecule has 94 valence electrons. The van der Waals surface area contributed by atoms with Crippen LogP contribution in [0.5, 0.6) is 0 Å². The lowest BCUT2D eigenvalue weighted by molar-refractivity contribution is -0.121. The fraction of sp³-hybridized carbons (Fsp3) is 0.462. The molecule has 1 aromatic rings. The highest BCUT2D eigenvalue weighted by Crippen LogP contribution is 2.16. The van der Waals surface area contributed by atoms with Crippen molar-refractivity contribution < 1.29 is 9.53 Å². The van der Waals surface area contributed by atoms with Gasteiger partial charge in [0.05, 0.1) is 6.61 Å². The van der Waals surface area contributed by atoms with Crippen molar-refractivity contribution in [3.63, 3.8) is 0 Å². The van der Waals surface area contributed by atoms with Gasteiger partial charge in [-0.1, -0.05) is 22.0 Å². The molecule has 0 radical (unpaired) electrons. The molecule has 0 unspecified atom stereocenters. The van der Waals surface area contributed by atoms with E-state index >= 15 is 0 Å². The number of aryl methyl sites for hydroxylation is 2. The summed E-state index contributed by atoms with van der Waals surface area (Å²) in [6.07, 6.45) is 1.30. The molecule has 1 aromatic carbocycles. The van der Waals surface area contributed by atoms with Gasteiger partial charge in [-0.05, 0) is 36.6 Å². The van der Waals surface area contributed by atoms with Crippen LogP contribution < -0.4 is 5.32 Å². The van der Waals surface area contributed by atoms with Crippen molar-refractivity contribution in [2.75, 3.05) is 20.3 Å². The second-order valence-electron chi connectivity index (χ2n) is 3.91. The average Bonchev–Trinajstić information content (AvgIpc) is 2.28. The molecule has 0 saturated heterocycles. The third-order valence-electron chi connectivity index (χ3n) is 2.55. The minimum atomic E-state index is 0.0735. The van der Waals surface area contributed by atoms with E-state index in [9.17, 15) is 4.79 Å². The molecule has 17 heavy (non-hydrogen) atoms. The second-order valence-corrected chi connectivity index (χ2v) is 4.83. The summed E-state index contributed by atoms with van der Waals surface area (Å²) >= 11 is 3.43. The van der Waals surface area contributed by atoms with E-state index < -0.39 is 0 Å². The molecule has 3 nitrogen and oxygen atoms in total. The first-order chi connectivity index (χ1) is 8.13. The number of hydrogen-bond donors (Lipinski definition) is 1. The van der Waals surface area contributed by atoms with E-state index in [0.717, 1.165) is 10.9 Å². The first-order valence-corrected chi connectivity index (χ1v) is 6.43. The molecule has 0 atom stereocenters. The summed E-state index contributed by atoms with van der Waals surface area (Å²) < 4.78 is 5.94. The fourth-order valence-corrected chi connectivity index (χ4v) is 2.04. The van der Waals surface area contributed by atoms with Crippen LogP contribution >= 0.6 is 15.9 Å². The van der Waals surface area contributed by atoms with Gasteiger partial charge in [-0.3, -0.25) is 4.79 Å². The molecule has 1 amide bonds. The number of benzene rings is 1. The van der Waals surface area contributed by atoms with E-state index in [-0.39, 0.29) is 5.91 Å². The van der Waals surface area contributed by atoms with Crippen LogP contribution in [0.2, 0.25) is 0 Å². The molecule has 1 N–H and O–H groups in total. The second kappa shape index (κ2) is 7.45. The lowest BCUT2D eigenvalue weighted by Gasteiger charge is -2.07. The van der Waals surface area contributed by atoms with E-state index in [4.69, 9.17) is 4.74 Å². The first-order valence-electron chi connectivity index (χ1n) is 5.64. The van der Waals surface area contributed by atoms with E-state index in [1.54, 1.807) is 7.11 Å². The standard InChI is InChI=1S/C13H18BrNO2/c1-10-9-12(14)5-3-11(10)4-6-13(16)15-7-8-17-2/h3,5,9H,4,6-8H2,1-2H3,(H,15,16). The number of methoxy groups -OCH3 is 1. The largest absolute Gasteiger partial charge is 0.383 e. The Kier molecular flexibility index (Phi) is 6.22. The lowest BCUT2D eigenvalue weighted by Crippen LogP contribution is -2.27. The Balaban J connectivity index is 2.37. The van der Waals surface area contributed by atoms with E-state index in [1.807, 2.05) is 6.07 Å². The number of carbonyl (C=O) groups is 1. The van der Waals surface area contributed by atoms with Gasteiger partial charge in [0.15, 0.2) is 0 Å². The quantitative estimate of drug-likeness (QED) is 0.820. The van der Waals surface area contributed by atoms with Gasteiger partial charge >= 0.3 is 0 Å². The molecule has 0 heterocycles. The van der Waals surface area contributed by atoms with Gasteiger partial charge in [-0.2, -0.15) is 0 Å². The van der Waals surface area contributed by atoms with E-state index in [2.05, 4.69) is 40.3 Å². The van der Waals surface area contributed by atoms with Gasteiger partial charge in [0.2, 0.25) is 5.91 Å². The Morgan fingerprint density at radius 1 is 1.47 bits per heavy atom. The van der Waals surface area contributed by atoms with Crippen LogP contribution in [0.3, 0.4) is 0 Å². The number of halogens is 1. The summed E-state index contributed by atoms with van der Waals surface area (Å²) in [7, 11) is 1.62. The van der Waals surface area contributed by atoms with Gasteiger partial charge < -0.3 is 10.1 Å². The summed E-state index contributed by atoms with van der Waals surface area (Å²) in [5.41, 5.74) is 2.43. The Morgan fingerprint density at radius 2 is 2.24 bits per heavy atom. The molecule has 0 saturated carbocycles. The molecule has 0 aliphatic carbocycles. The van der Waals surface area contributed by atoms with Crippen LogP contribution in [0.25, 0.3) is 0 Å². The van der Waals surface area contributed by atoms with Crippen molar-refractivity contribution in [3.8, 4) is 0 Å². The van der Waals surface area contributed by atoms with Crippen LogP contribution in [0, 0.1) is 6.92 Å². The van der Waals surface area contributed by atoms with Crippen molar-refractivity contribution in [1.82, 2.24) is 5.32 Å². The zero-order chi connectivity index (χ0) is 12.7. The molecule has 0 aliphatic heterocycles. The Labute approximate surface area is 111 Å². The zero-order valence-electron chi connectivity index (χ0n) is 10.3. The number of ether oxygens (including phenoxy) is 1. The van der Waals surface area contributed by atoms with Gasteiger partial charge in [0.25, 0.3) is 0 Å². The van der Waals surface area contributed by atoms with Crippen molar-refractivity contribution in [1.29, 1.82) is 0 Å². The summed E-state index contributed by atoms with van der Waals surface area (Å²) in [5.74, 6) is 0.0735. The average molecular weight is 300 g/mol. The number of carbonyl (C=O) groups excluding carboxylic acids is 1. The molecule has 0 bridgehead atoms. The van der Waals surface area contributed by atoms with Gasteiger partial charge in [0.1, 0.15) is 0 Å². The maximum Gasteiger partial charge on any atom is 0.220 e. The van der Waals surface area contributed by atoms with Crippen molar-refractivity contribution >= 4 is 21.8 Å². The topological polar surface area (TPSA) is 38.3 Å². The highest BCUT2D eigenvalue weighted by Gasteiger charge is 2.04. The highest BCUT2D eigenvalue weighted by molar-refractivity contribution is 9.10. The molecular weight excluding hydrogens is 282 g/mol. The molecular formula is C13H18BrNO2. The van der Waals surface area contributed by atoms with Crippen molar-refractivity contribution in [2.45, 2.75) is 19.8 Å². The minimum Gasteiger partial charge on any atom is -0.383 e. The Hall–Kier alpha value is -0.870. The molecule has 4 heteroatoms. The first kappa shape index (κ1) is 14.2. The normalized spacial score (nSPS) is 10.3. The predicted octanol–water partition coefficient (Wildman–Crippen LogP) is 2.45. The molecule has 0 aromatic heterocycles. The van der Waals surface area contributed by atoms with Crippen LogP contribution in [-0.4, -0.2) is 26.2 Å². The van der Waals surface area contributed by atoms with Crippen LogP contribution in [0.4, 0.5) is 0 Å². The summed E-state index contributed by atoms with van der Waals surface area (Å²) in [6, 6.07) is 6.13. The molecule has 0 spiro atoms. The predicted molar refractivity (Wildman–Crippen MR) is 72.1 cm³/mol. The van der Waals surface area contributed by atoms with Crippen LogP contribution in [0.1, 0.15) is 17.5 Å². The number of rotatable bonds is 6. The van der Waals surface area contributed by atoms with E-state index in [0.29, 0.717) is 19.6 Å². The number of hydrogen-bond acceptors (Lipinski definition) is 2. The Morgan fingerprint density at radius 3 is 2.88 bits per heavy atom. The molecule has 0 fully saturated rings. The summed E-state index contributed by atoms with van der Waals surface area (Å²) in [6.45, 7) is 3.20.